The molecule has 1 aromatic carbocycles. The van der Waals surface area contributed by atoms with E-state index in [9.17, 15) is 14.4 Å². The third-order valence-electron chi connectivity index (χ3n) is 4.05. The predicted molar refractivity (Wildman–Crippen MR) is 90.0 cm³/mol. The molecule has 1 saturated carbocycles. The number of carbonyl (C=O) groups excluding carboxylic acids is 2. The molecule has 25 heavy (non-hydrogen) atoms. The normalized spacial score (nSPS) is 14.5. The molecule has 1 atom stereocenters. The van der Waals surface area contributed by atoms with Crippen molar-refractivity contribution in [2.24, 2.45) is 5.92 Å². The number of carboxylic acids is 1. The van der Waals surface area contributed by atoms with Gasteiger partial charge in [0.15, 0.2) is 17.3 Å². The molecule has 2 rings (SSSR count). The van der Waals surface area contributed by atoms with Gasteiger partial charge in [0.05, 0.1) is 13.7 Å². The summed E-state index contributed by atoms with van der Waals surface area (Å²) in [6.07, 6.45) is 2.32. The molecule has 1 unspecified atom stereocenters. The highest BCUT2D eigenvalue weighted by atomic mass is 16.5. The standard InChI is InChI=1S/C18H23NO6/c1-11(20)13-7-8-14(15(10-13)24-2)25-9-3-4-16(21)19-17(18(22)23)12-5-6-12/h7-8,10,12,17H,3-6,9H2,1-2H3,(H,19,21)(H,22,23). The Morgan fingerprint density at radius 3 is 2.56 bits per heavy atom. The third kappa shape index (κ3) is 5.48. The van der Waals surface area contributed by atoms with Gasteiger partial charge in [-0.2, -0.15) is 0 Å². The van der Waals surface area contributed by atoms with Crippen LogP contribution in [-0.4, -0.2) is 42.5 Å². The van der Waals surface area contributed by atoms with E-state index in [4.69, 9.17) is 14.6 Å². The number of ether oxygens (including phenoxy) is 2. The van der Waals surface area contributed by atoms with Crippen LogP contribution in [0.5, 0.6) is 11.5 Å². The van der Waals surface area contributed by atoms with Crippen LogP contribution in [0.1, 0.15) is 43.0 Å². The van der Waals surface area contributed by atoms with Gasteiger partial charge in [-0.25, -0.2) is 4.79 Å². The van der Waals surface area contributed by atoms with Crippen molar-refractivity contribution < 1.29 is 29.0 Å². The lowest BCUT2D eigenvalue weighted by molar-refractivity contribution is -0.142. The van der Waals surface area contributed by atoms with Gasteiger partial charge in [-0.1, -0.05) is 0 Å². The molecule has 7 heteroatoms. The van der Waals surface area contributed by atoms with Crippen LogP contribution >= 0.6 is 0 Å². The number of hydrogen-bond donors (Lipinski definition) is 2. The second kappa shape index (κ2) is 8.50. The third-order valence-corrected chi connectivity index (χ3v) is 4.05. The minimum Gasteiger partial charge on any atom is -0.493 e. The Labute approximate surface area is 146 Å². The minimum atomic E-state index is -0.984. The number of Topliss-reactive ketones (excluding diaryl/α,β-unsaturated/α-hetero) is 1. The Balaban J connectivity index is 1.78. The van der Waals surface area contributed by atoms with Gasteiger partial charge in [0, 0.05) is 12.0 Å². The van der Waals surface area contributed by atoms with Gasteiger partial charge >= 0.3 is 5.97 Å². The maximum Gasteiger partial charge on any atom is 0.326 e. The Kier molecular flexibility index (Phi) is 6.38. The summed E-state index contributed by atoms with van der Waals surface area (Å²) in [5.41, 5.74) is 0.531. The SMILES string of the molecule is COc1cc(C(C)=O)ccc1OCCCC(=O)NC(C(=O)O)C1CC1. The smallest absolute Gasteiger partial charge is 0.326 e. The Morgan fingerprint density at radius 1 is 1.28 bits per heavy atom. The predicted octanol–water partition coefficient (Wildman–Crippen LogP) is 2.04. The first kappa shape index (κ1) is 18.8. The number of nitrogens with one attached hydrogen (secondary N) is 1. The van der Waals surface area contributed by atoms with Gasteiger partial charge in [0.1, 0.15) is 6.04 Å². The van der Waals surface area contributed by atoms with Crippen molar-refractivity contribution in [3.63, 3.8) is 0 Å². The van der Waals surface area contributed by atoms with Crippen LogP contribution in [0, 0.1) is 5.92 Å². The molecule has 7 nitrogen and oxygen atoms in total. The van der Waals surface area contributed by atoms with Crippen LogP contribution in [0.4, 0.5) is 0 Å². The maximum atomic E-state index is 11.9. The molecule has 0 bridgehead atoms. The first-order valence-corrected chi connectivity index (χ1v) is 8.26. The van der Waals surface area contributed by atoms with Crippen molar-refractivity contribution in [2.45, 2.75) is 38.6 Å². The summed E-state index contributed by atoms with van der Waals surface area (Å²) in [4.78, 5) is 34.3. The van der Waals surface area contributed by atoms with Gasteiger partial charge in [0.2, 0.25) is 5.91 Å². The second-order valence-corrected chi connectivity index (χ2v) is 6.09. The van der Waals surface area contributed by atoms with Crippen LogP contribution in [0.3, 0.4) is 0 Å². The molecule has 1 aliphatic carbocycles. The van der Waals surface area contributed by atoms with Gasteiger partial charge in [-0.05, 0) is 50.3 Å². The number of amides is 1. The molecule has 136 valence electrons. The first-order valence-electron chi connectivity index (χ1n) is 8.26. The fourth-order valence-corrected chi connectivity index (χ4v) is 2.48. The molecule has 2 N–H and O–H groups in total. The highest BCUT2D eigenvalue weighted by Gasteiger charge is 2.37. The van der Waals surface area contributed by atoms with Crippen LogP contribution in [0.15, 0.2) is 18.2 Å². The number of benzene rings is 1. The topological polar surface area (TPSA) is 102 Å². The molecule has 0 aliphatic heterocycles. The van der Waals surface area contributed by atoms with Gasteiger partial charge in [0.25, 0.3) is 0 Å². The van der Waals surface area contributed by atoms with Crippen molar-refractivity contribution >= 4 is 17.7 Å². The summed E-state index contributed by atoms with van der Waals surface area (Å²) in [6, 6.07) is 4.13. The number of methoxy groups -OCH3 is 1. The van der Waals surface area contributed by atoms with Crippen LogP contribution in [0.2, 0.25) is 0 Å². The quantitative estimate of drug-likeness (QED) is 0.495. The molecule has 1 aliphatic rings. The molecule has 0 heterocycles. The number of carbonyl (C=O) groups is 3. The summed E-state index contributed by atoms with van der Waals surface area (Å²) in [5, 5.41) is 11.7. The number of hydrogen-bond acceptors (Lipinski definition) is 5. The average molecular weight is 349 g/mol. The van der Waals surface area contributed by atoms with E-state index >= 15 is 0 Å². The highest BCUT2D eigenvalue weighted by molar-refractivity contribution is 5.94. The summed E-state index contributed by atoms with van der Waals surface area (Å²) >= 11 is 0. The molecule has 0 spiro atoms. The minimum absolute atomic E-state index is 0.0572. The molecule has 0 aromatic heterocycles. The monoisotopic (exact) mass is 349 g/mol. The van der Waals surface area contributed by atoms with E-state index in [1.54, 1.807) is 18.2 Å². The van der Waals surface area contributed by atoms with Crippen LogP contribution in [0.25, 0.3) is 0 Å². The van der Waals surface area contributed by atoms with E-state index in [0.717, 1.165) is 12.8 Å². The van der Waals surface area contributed by atoms with Crippen LogP contribution < -0.4 is 14.8 Å². The summed E-state index contributed by atoms with van der Waals surface area (Å²) in [7, 11) is 1.49. The van der Waals surface area contributed by atoms with E-state index in [0.29, 0.717) is 23.5 Å². The zero-order valence-corrected chi connectivity index (χ0v) is 14.4. The number of aliphatic carboxylic acids is 1. The Morgan fingerprint density at radius 2 is 2.00 bits per heavy atom. The molecule has 0 radical (unpaired) electrons. The zero-order chi connectivity index (χ0) is 18.4. The lowest BCUT2D eigenvalue weighted by atomic mass is 10.1. The second-order valence-electron chi connectivity index (χ2n) is 6.09. The summed E-state index contributed by atoms with van der Waals surface area (Å²) < 4.78 is 10.8. The number of rotatable bonds is 10. The largest absolute Gasteiger partial charge is 0.493 e. The van der Waals surface area contributed by atoms with E-state index in [1.807, 2.05) is 0 Å². The van der Waals surface area contributed by atoms with Crippen molar-refractivity contribution in [2.75, 3.05) is 13.7 Å². The Bertz CT molecular complexity index is 653. The van der Waals surface area contributed by atoms with Crippen molar-refractivity contribution in [3.8, 4) is 11.5 Å². The van der Waals surface area contributed by atoms with Crippen molar-refractivity contribution in [3.05, 3.63) is 23.8 Å². The lowest BCUT2D eigenvalue weighted by Gasteiger charge is -2.14. The first-order chi connectivity index (χ1) is 11.9. The van der Waals surface area contributed by atoms with Crippen molar-refractivity contribution in [1.29, 1.82) is 0 Å². The van der Waals surface area contributed by atoms with Gasteiger partial charge in [-0.15, -0.1) is 0 Å². The molecule has 1 aromatic rings. The zero-order valence-electron chi connectivity index (χ0n) is 14.4. The Hall–Kier alpha value is -2.57. The molecule has 0 saturated heterocycles. The van der Waals surface area contributed by atoms with Crippen molar-refractivity contribution in [1.82, 2.24) is 5.32 Å². The summed E-state index contributed by atoms with van der Waals surface area (Å²) in [6.45, 7) is 1.75. The highest BCUT2D eigenvalue weighted by Crippen LogP contribution is 2.32. The fraction of sp³-hybridized carbons (Fsp3) is 0.500. The van der Waals surface area contributed by atoms with Crippen LogP contribution in [-0.2, 0) is 9.59 Å². The summed E-state index contributed by atoms with van der Waals surface area (Å²) in [5.74, 6) is -0.331. The maximum absolute atomic E-state index is 11.9. The molecular weight excluding hydrogens is 326 g/mol. The van der Waals surface area contributed by atoms with Gasteiger partial charge < -0.3 is 19.9 Å². The molecule has 1 fully saturated rings. The molecular formula is C18H23NO6. The van der Waals surface area contributed by atoms with E-state index in [-0.39, 0.29) is 30.6 Å². The average Bonchev–Trinajstić information content (AvgIpc) is 3.41. The van der Waals surface area contributed by atoms with E-state index in [1.165, 1.54) is 14.0 Å². The molecule has 1 amide bonds. The van der Waals surface area contributed by atoms with Gasteiger partial charge in [-0.3, -0.25) is 9.59 Å². The number of ketones is 1. The van der Waals surface area contributed by atoms with E-state index < -0.39 is 12.0 Å². The number of carboxylic acid groups (broad SMARTS) is 1. The van der Waals surface area contributed by atoms with E-state index in [2.05, 4.69) is 5.32 Å². The lowest BCUT2D eigenvalue weighted by Crippen LogP contribution is -2.42. The fourth-order valence-electron chi connectivity index (χ4n) is 2.48.